The van der Waals surface area contributed by atoms with Gasteiger partial charge >= 0.3 is 11.9 Å². The summed E-state index contributed by atoms with van der Waals surface area (Å²) < 4.78 is 20.4. The number of hydrogen-bond acceptors (Lipinski definition) is 6. The second-order valence-electron chi connectivity index (χ2n) is 3.53. The third-order valence-corrected chi connectivity index (χ3v) is 2.22. The number of rotatable bonds is 3. The summed E-state index contributed by atoms with van der Waals surface area (Å²) >= 11 is 0. The monoisotopic (exact) mass is 232 g/mol. The maximum absolute atomic E-state index is 10.9. The van der Waals surface area contributed by atoms with E-state index < -0.39 is 30.3 Å². The van der Waals surface area contributed by atoms with Crippen molar-refractivity contribution in [1.82, 2.24) is 0 Å². The van der Waals surface area contributed by atoms with Crippen LogP contribution in [-0.2, 0) is 28.5 Å². The molecule has 0 aromatic heterocycles. The largest absolute Gasteiger partial charge is 0.456 e. The van der Waals surface area contributed by atoms with E-state index >= 15 is 0 Å². The van der Waals surface area contributed by atoms with Gasteiger partial charge < -0.3 is 18.9 Å². The molecule has 1 heterocycles. The van der Waals surface area contributed by atoms with Crippen molar-refractivity contribution in [2.45, 2.75) is 32.2 Å². The number of ether oxygens (including phenoxy) is 4. The van der Waals surface area contributed by atoms with E-state index in [1.807, 2.05) is 0 Å². The van der Waals surface area contributed by atoms with Crippen LogP contribution in [0.15, 0.2) is 0 Å². The molecule has 0 aliphatic carbocycles. The lowest BCUT2D eigenvalue weighted by Crippen LogP contribution is -2.52. The van der Waals surface area contributed by atoms with E-state index in [0.29, 0.717) is 6.61 Å². The van der Waals surface area contributed by atoms with Crippen LogP contribution in [-0.4, -0.2) is 50.6 Å². The number of carbonyl (C=O) groups is 2. The van der Waals surface area contributed by atoms with Crippen molar-refractivity contribution in [3.8, 4) is 0 Å². The molecule has 92 valence electrons. The molecule has 0 unspecified atom stereocenters. The van der Waals surface area contributed by atoms with Crippen LogP contribution in [0.2, 0.25) is 0 Å². The van der Waals surface area contributed by atoms with Gasteiger partial charge in [0, 0.05) is 21.0 Å². The van der Waals surface area contributed by atoms with Crippen molar-refractivity contribution in [1.29, 1.82) is 0 Å². The van der Waals surface area contributed by atoms with Gasteiger partial charge in [-0.2, -0.15) is 0 Å². The first-order valence-corrected chi connectivity index (χ1v) is 4.99. The molecular weight excluding hydrogens is 216 g/mol. The third kappa shape index (κ3) is 3.46. The molecule has 6 nitrogen and oxygen atoms in total. The van der Waals surface area contributed by atoms with Crippen LogP contribution in [0.25, 0.3) is 0 Å². The molecule has 0 N–H and O–H groups in total. The van der Waals surface area contributed by atoms with Crippen LogP contribution >= 0.6 is 0 Å². The summed E-state index contributed by atoms with van der Waals surface area (Å²) in [4.78, 5) is 21.8. The Morgan fingerprint density at radius 1 is 1.06 bits per heavy atom. The number of methoxy groups -OCH3 is 1. The van der Waals surface area contributed by atoms with Gasteiger partial charge in [-0.05, 0) is 0 Å². The van der Waals surface area contributed by atoms with Crippen LogP contribution < -0.4 is 0 Å². The normalized spacial score (nSPS) is 29.6. The van der Waals surface area contributed by atoms with E-state index in [1.165, 1.54) is 21.0 Å². The predicted molar refractivity (Wildman–Crippen MR) is 52.7 cm³/mol. The fourth-order valence-electron chi connectivity index (χ4n) is 1.59. The zero-order valence-corrected chi connectivity index (χ0v) is 9.60. The van der Waals surface area contributed by atoms with E-state index in [1.54, 1.807) is 0 Å². The van der Waals surface area contributed by atoms with Crippen molar-refractivity contribution in [2.75, 3.05) is 20.3 Å². The molecule has 0 aromatic rings. The number of hydrogen-bond donors (Lipinski definition) is 0. The maximum atomic E-state index is 10.9. The fraction of sp³-hybridized carbons (Fsp3) is 0.800. The van der Waals surface area contributed by atoms with E-state index in [4.69, 9.17) is 18.9 Å². The average Bonchev–Trinajstić information content (AvgIpc) is 2.19. The first kappa shape index (κ1) is 12.9. The molecule has 0 bridgehead atoms. The summed E-state index contributed by atoms with van der Waals surface area (Å²) in [5.74, 6) is -0.881. The van der Waals surface area contributed by atoms with Crippen molar-refractivity contribution in [3.63, 3.8) is 0 Å². The summed E-state index contributed by atoms with van der Waals surface area (Å²) in [6, 6.07) is 0. The minimum atomic E-state index is -0.611. The van der Waals surface area contributed by atoms with Gasteiger partial charge in [-0.1, -0.05) is 0 Å². The molecule has 0 spiro atoms. The Labute approximate surface area is 93.8 Å². The SMILES string of the molecule is CO[C@@H]1COC[C@H](OC(C)=O)[C@@H]1OC(C)=O. The molecule has 6 heteroatoms. The summed E-state index contributed by atoms with van der Waals surface area (Å²) in [6.07, 6.45) is -1.64. The molecule has 0 radical (unpaired) electrons. The molecule has 0 saturated carbocycles. The predicted octanol–water partition coefficient (Wildman–Crippen LogP) is -0.105. The first-order valence-electron chi connectivity index (χ1n) is 4.99. The highest BCUT2D eigenvalue weighted by Gasteiger charge is 2.38. The Balaban J connectivity index is 2.69. The molecule has 0 aromatic carbocycles. The lowest BCUT2D eigenvalue weighted by atomic mass is 10.1. The zero-order chi connectivity index (χ0) is 12.1. The Bertz CT molecular complexity index is 264. The Hall–Kier alpha value is -1.14. The first-order chi connectivity index (χ1) is 7.54. The van der Waals surface area contributed by atoms with Gasteiger partial charge in [-0.15, -0.1) is 0 Å². The Kier molecular flexibility index (Phi) is 4.70. The van der Waals surface area contributed by atoms with Crippen LogP contribution in [0.3, 0.4) is 0 Å². The molecule has 1 aliphatic rings. The molecule has 0 amide bonds. The highest BCUT2D eigenvalue weighted by molar-refractivity contribution is 5.67. The lowest BCUT2D eigenvalue weighted by molar-refractivity contribution is -0.203. The fourth-order valence-corrected chi connectivity index (χ4v) is 1.59. The van der Waals surface area contributed by atoms with Crippen LogP contribution in [0.1, 0.15) is 13.8 Å². The van der Waals surface area contributed by atoms with Gasteiger partial charge in [-0.25, -0.2) is 0 Å². The Morgan fingerprint density at radius 2 is 1.62 bits per heavy atom. The second-order valence-corrected chi connectivity index (χ2v) is 3.53. The van der Waals surface area contributed by atoms with Gasteiger partial charge in [0.05, 0.1) is 13.2 Å². The van der Waals surface area contributed by atoms with E-state index in [2.05, 4.69) is 0 Å². The highest BCUT2D eigenvalue weighted by atomic mass is 16.6. The topological polar surface area (TPSA) is 71.1 Å². The minimum Gasteiger partial charge on any atom is -0.456 e. The van der Waals surface area contributed by atoms with Crippen molar-refractivity contribution in [3.05, 3.63) is 0 Å². The molecule has 16 heavy (non-hydrogen) atoms. The van der Waals surface area contributed by atoms with Crippen molar-refractivity contribution >= 4 is 11.9 Å². The van der Waals surface area contributed by atoms with Gasteiger partial charge in [0.1, 0.15) is 6.10 Å². The quantitative estimate of drug-likeness (QED) is 0.632. The lowest BCUT2D eigenvalue weighted by Gasteiger charge is -2.35. The van der Waals surface area contributed by atoms with E-state index in [9.17, 15) is 9.59 Å². The van der Waals surface area contributed by atoms with Gasteiger partial charge in [-0.3, -0.25) is 9.59 Å². The standard InChI is InChI=1S/C10H16O6/c1-6(11)15-9-5-14-4-8(13-3)10(9)16-7(2)12/h8-10H,4-5H2,1-3H3/t8-,9+,10-/m1/s1. The number of carbonyl (C=O) groups excluding carboxylic acids is 2. The van der Waals surface area contributed by atoms with E-state index in [-0.39, 0.29) is 6.61 Å². The average molecular weight is 232 g/mol. The third-order valence-electron chi connectivity index (χ3n) is 2.22. The zero-order valence-electron chi connectivity index (χ0n) is 9.60. The molecular formula is C10H16O6. The second kappa shape index (κ2) is 5.81. The molecule has 1 saturated heterocycles. The van der Waals surface area contributed by atoms with Gasteiger partial charge in [0.25, 0.3) is 0 Å². The van der Waals surface area contributed by atoms with Crippen LogP contribution in [0.4, 0.5) is 0 Å². The van der Waals surface area contributed by atoms with E-state index in [0.717, 1.165) is 0 Å². The van der Waals surface area contributed by atoms with Crippen molar-refractivity contribution in [2.24, 2.45) is 0 Å². The summed E-state index contributed by atoms with van der Waals surface area (Å²) in [7, 11) is 1.49. The molecule has 1 rings (SSSR count). The van der Waals surface area contributed by atoms with Gasteiger partial charge in [0.15, 0.2) is 12.2 Å². The summed E-state index contributed by atoms with van der Waals surface area (Å²) in [5, 5.41) is 0. The van der Waals surface area contributed by atoms with Crippen LogP contribution in [0, 0.1) is 0 Å². The highest BCUT2D eigenvalue weighted by Crippen LogP contribution is 2.18. The maximum Gasteiger partial charge on any atom is 0.303 e. The number of esters is 2. The summed E-state index contributed by atoms with van der Waals surface area (Å²) in [6.45, 7) is 3.11. The molecule has 1 aliphatic heterocycles. The van der Waals surface area contributed by atoms with Gasteiger partial charge in [0.2, 0.25) is 0 Å². The molecule has 1 fully saturated rings. The smallest absolute Gasteiger partial charge is 0.303 e. The van der Waals surface area contributed by atoms with Crippen molar-refractivity contribution < 1.29 is 28.5 Å². The van der Waals surface area contributed by atoms with Crippen LogP contribution in [0.5, 0.6) is 0 Å². The Morgan fingerprint density at radius 3 is 2.12 bits per heavy atom. The summed E-state index contributed by atoms with van der Waals surface area (Å²) in [5.41, 5.74) is 0. The molecule has 3 atom stereocenters. The minimum absolute atomic E-state index is 0.206.